The maximum absolute atomic E-state index is 14.0. The molecule has 0 aliphatic heterocycles. The summed E-state index contributed by atoms with van der Waals surface area (Å²) < 4.78 is 29.0. The van der Waals surface area contributed by atoms with E-state index >= 15 is 0 Å². The number of anilines is 1. The van der Waals surface area contributed by atoms with Crippen LogP contribution in [0.25, 0.3) is 0 Å². The van der Waals surface area contributed by atoms with Gasteiger partial charge < -0.3 is 10.2 Å². The minimum absolute atomic E-state index is 0.0922. The van der Waals surface area contributed by atoms with Crippen molar-refractivity contribution in [3.05, 3.63) is 95.1 Å². The Labute approximate surface area is 226 Å². The Morgan fingerprint density at radius 2 is 1.53 bits per heavy atom. The lowest BCUT2D eigenvalue weighted by molar-refractivity contribution is -0.140. The Balaban J connectivity index is 2.09. The molecular weight excluding hydrogens is 498 g/mol. The average molecular weight is 536 g/mol. The minimum atomic E-state index is -4.08. The molecule has 1 N–H and O–H groups in total. The molecule has 1 atom stereocenters. The Kier molecular flexibility index (Phi) is 9.69. The van der Waals surface area contributed by atoms with Crippen LogP contribution < -0.4 is 9.62 Å². The molecule has 0 saturated carbocycles. The lowest BCUT2D eigenvalue weighted by Gasteiger charge is -2.33. The molecule has 0 aliphatic rings. The fraction of sp³-hybridized carbons (Fsp3) is 0.333. The number of amides is 2. The smallest absolute Gasteiger partial charge is 0.264 e. The van der Waals surface area contributed by atoms with E-state index in [0.717, 1.165) is 22.3 Å². The molecule has 0 unspecified atom stereocenters. The number of aryl methyl sites for hydroxylation is 2. The number of nitrogens with one attached hydrogen (secondary N) is 1. The first-order valence-corrected chi connectivity index (χ1v) is 14.3. The maximum atomic E-state index is 14.0. The van der Waals surface area contributed by atoms with Crippen molar-refractivity contribution >= 4 is 27.5 Å². The predicted octanol–water partition coefficient (Wildman–Crippen LogP) is 4.75. The largest absolute Gasteiger partial charge is 0.355 e. The van der Waals surface area contributed by atoms with Crippen molar-refractivity contribution in [1.29, 1.82) is 0 Å². The van der Waals surface area contributed by atoms with Gasteiger partial charge in [-0.15, -0.1) is 0 Å². The Bertz CT molecular complexity index is 1360. The van der Waals surface area contributed by atoms with Crippen molar-refractivity contribution in [3.8, 4) is 0 Å². The molecule has 0 radical (unpaired) electrons. The van der Waals surface area contributed by atoms with Gasteiger partial charge in [0.2, 0.25) is 11.8 Å². The first kappa shape index (κ1) is 28.9. The number of sulfonamides is 1. The topological polar surface area (TPSA) is 86.8 Å². The van der Waals surface area contributed by atoms with Crippen LogP contribution in [0, 0.1) is 20.8 Å². The van der Waals surface area contributed by atoms with E-state index in [-0.39, 0.29) is 17.3 Å². The molecule has 2 amide bonds. The summed E-state index contributed by atoms with van der Waals surface area (Å²) in [5.41, 5.74) is 4.05. The third kappa shape index (κ3) is 6.61. The maximum Gasteiger partial charge on any atom is 0.264 e. The highest BCUT2D eigenvalue weighted by Crippen LogP contribution is 2.29. The zero-order valence-corrected chi connectivity index (χ0v) is 23.6. The molecule has 3 aromatic rings. The Hall–Kier alpha value is -3.65. The van der Waals surface area contributed by atoms with Crippen LogP contribution in [0.3, 0.4) is 0 Å². The van der Waals surface area contributed by atoms with Crippen LogP contribution in [-0.4, -0.2) is 44.3 Å². The molecule has 202 valence electrons. The lowest BCUT2D eigenvalue weighted by Crippen LogP contribution is -2.52. The molecule has 38 heavy (non-hydrogen) atoms. The van der Waals surface area contributed by atoms with Crippen LogP contribution in [0.4, 0.5) is 5.69 Å². The van der Waals surface area contributed by atoms with E-state index in [1.165, 1.54) is 21.3 Å². The van der Waals surface area contributed by atoms with Crippen molar-refractivity contribution in [2.24, 2.45) is 0 Å². The molecule has 7 nitrogen and oxygen atoms in total. The van der Waals surface area contributed by atoms with Gasteiger partial charge in [-0.1, -0.05) is 67.1 Å². The summed E-state index contributed by atoms with van der Waals surface area (Å²) in [6.07, 6.45) is 0.387. The molecule has 3 aromatic carbocycles. The van der Waals surface area contributed by atoms with E-state index in [1.807, 2.05) is 65.0 Å². The van der Waals surface area contributed by atoms with Gasteiger partial charge in [0.1, 0.15) is 12.6 Å². The molecule has 8 heteroatoms. The van der Waals surface area contributed by atoms with Crippen molar-refractivity contribution in [1.82, 2.24) is 10.2 Å². The van der Waals surface area contributed by atoms with Crippen LogP contribution in [0.15, 0.2) is 77.7 Å². The number of benzene rings is 3. The van der Waals surface area contributed by atoms with Gasteiger partial charge in [0.25, 0.3) is 10.0 Å². The minimum Gasteiger partial charge on any atom is -0.355 e. The second kappa shape index (κ2) is 12.7. The van der Waals surface area contributed by atoms with Gasteiger partial charge in [-0.25, -0.2) is 8.42 Å². The quantitative estimate of drug-likeness (QED) is 0.384. The van der Waals surface area contributed by atoms with Gasteiger partial charge in [0.05, 0.1) is 10.6 Å². The number of nitrogens with zero attached hydrogens (tertiary/aromatic N) is 2. The first-order chi connectivity index (χ1) is 18.1. The van der Waals surface area contributed by atoms with Gasteiger partial charge in [-0.2, -0.15) is 0 Å². The monoisotopic (exact) mass is 535 g/mol. The second-order valence-electron chi connectivity index (χ2n) is 9.37. The van der Waals surface area contributed by atoms with Gasteiger partial charge in [0.15, 0.2) is 0 Å². The van der Waals surface area contributed by atoms with Crippen molar-refractivity contribution in [2.75, 3.05) is 17.4 Å². The summed E-state index contributed by atoms with van der Waals surface area (Å²) in [6.45, 7) is 9.57. The molecule has 0 aliphatic carbocycles. The highest BCUT2D eigenvalue weighted by Gasteiger charge is 2.34. The average Bonchev–Trinajstić information content (AvgIpc) is 2.90. The summed E-state index contributed by atoms with van der Waals surface area (Å²) in [4.78, 5) is 28.6. The van der Waals surface area contributed by atoms with E-state index < -0.39 is 28.5 Å². The van der Waals surface area contributed by atoms with Crippen LogP contribution in [0.2, 0.25) is 0 Å². The normalized spacial score (nSPS) is 12.0. The van der Waals surface area contributed by atoms with Crippen molar-refractivity contribution in [2.45, 2.75) is 58.5 Å². The number of hydrogen-bond donors (Lipinski definition) is 1. The fourth-order valence-electron chi connectivity index (χ4n) is 4.34. The second-order valence-corrected chi connectivity index (χ2v) is 11.2. The molecule has 0 heterocycles. The SMILES string of the molecule is CCNC(=O)[C@H](CC)N(Cc1ccc(C)cc1)C(=O)CN(c1cccc(C)c1C)S(=O)(=O)c1ccccc1. The summed E-state index contributed by atoms with van der Waals surface area (Å²) >= 11 is 0. The predicted molar refractivity (Wildman–Crippen MR) is 151 cm³/mol. The lowest BCUT2D eigenvalue weighted by atomic mass is 10.1. The van der Waals surface area contributed by atoms with Gasteiger partial charge in [-0.3, -0.25) is 13.9 Å². The number of carbonyl (C=O) groups is 2. The number of rotatable bonds is 11. The molecule has 0 fully saturated rings. The van der Waals surface area contributed by atoms with Crippen LogP contribution in [0.5, 0.6) is 0 Å². The molecular formula is C30H37N3O4S. The summed E-state index contributed by atoms with van der Waals surface area (Å²) in [7, 11) is -4.08. The summed E-state index contributed by atoms with van der Waals surface area (Å²) in [5.74, 6) is -0.719. The van der Waals surface area contributed by atoms with Gasteiger partial charge in [0, 0.05) is 13.1 Å². The van der Waals surface area contributed by atoms with E-state index in [9.17, 15) is 18.0 Å². The zero-order chi connectivity index (χ0) is 27.9. The van der Waals surface area contributed by atoms with Crippen molar-refractivity contribution in [3.63, 3.8) is 0 Å². The van der Waals surface area contributed by atoms with E-state index in [2.05, 4.69) is 5.32 Å². The summed E-state index contributed by atoms with van der Waals surface area (Å²) in [6, 6.07) is 20.5. The first-order valence-electron chi connectivity index (χ1n) is 12.9. The highest BCUT2D eigenvalue weighted by atomic mass is 32.2. The molecule has 0 spiro atoms. The molecule has 3 rings (SSSR count). The zero-order valence-electron chi connectivity index (χ0n) is 22.8. The standard InChI is InChI=1S/C30H37N3O4S/c1-6-27(30(35)31-7-2)32(20-25-18-16-22(3)17-19-25)29(34)21-33(28-15-11-12-23(4)24(28)5)38(36,37)26-13-9-8-10-14-26/h8-19,27H,6-7,20-21H2,1-5H3,(H,31,35)/t27-/m0/s1. The number of carbonyl (C=O) groups excluding carboxylic acids is 2. The van der Waals surface area contributed by atoms with Gasteiger partial charge in [-0.05, 0) is 69.0 Å². The molecule has 0 aromatic heterocycles. The van der Waals surface area contributed by atoms with E-state index in [1.54, 1.807) is 30.3 Å². The van der Waals surface area contributed by atoms with Crippen LogP contribution in [0.1, 0.15) is 42.5 Å². The van der Waals surface area contributed by atoms with Crippen LogP contribution in [-0.2, 0) is 26.2 Å². The Morgan fingerprint density at radius 3 is 2.13 bits per heavy atom. The molecule has 0 saturated heterocycles. The number of likely N-dealkylation sites (N-methyl/N-ethyl adjacent to an activating group) is 1. The Morgan fingerprint density at radius 1 is 0.868 bits per heavy atom. The molecule has 0 bridgehead atoms. The van der Waals surface area contributed by atoms with Gasteiger partial charge >= 0.3 is 0 Å². The van der Waals surface area contributed by atoms with Crippen LogP contribution >= 0.6 is 0 Å². The third-order valence-corrected chi connectivity index (χ3v) is 8.44. The third-order valence-electron chi connectivity index (χ3n) is 6.67. The fourth-order valence-corrected chi connectivity index (χ4v) is 5.83. The highest BCUT2D eigenvalue weighted by molar-refractivity contribution is 7.92. The van der Waals surface area contributed by atoms with E-state index in [4.69, 9.17) is 0 Å². The number of hydrogen-bond acceptors (Lipinski definition) is 4. The summed E-state index contributed by atoms with van der Waals surface area (Å²) in [5, 5.41) is 2.82. The van der Waals surface area contributed by atoms with E-state index in [0.29, 0.717) is 18.7 Å². The van der Waals surface area contributed by atoms with Crippen molar-refractivity contribution < 1.29 is 18.0 Å².